The second-order valence-corrected chi connectivity index (χ2v) is 5.32. The molecule has 2 rings (SSSR count). The normalized spacial score (nSPS) is 30.7. The molecule has 5 nitrogen and oxygen atoms in total. The average Bonchev–Trinajstić information content (AvgIpc) is 2.82. The Bertz CT molecular complexity index is 281. The summed E-state index contributed by atoms with van der Waals surface area (Å²) < 4.78 is 10.9. The van der Waals surface area contributed by atoms with Crippen LogP contribution in [0, 0.1) is 5.41 Å². The lowest BCUT2D eigenvalue weighted by atomic mass is 9.86. The molecular weight excluding hydrogens is 234 g/mol. The molecule has 0 spiro atoms. The van der Waals surface area contributed by atoms with Crippen molar-refractivity contribution in [1.29, 1.82) is 0 Å². The minimum atomic E-state index is -0.716. The Hall–Kier alpha value is -0.650. The lowest BCUT2D eigenvalue weighted by Crippen LogP contribution is -2.47. The van der Waals surface area contributed by atoms with E-state index >= 15 is 0 Å². The Kier molecular flexibility index (Phi) is 4.59. The first-order valence-corrected chi connectivity index (χ1v) is 6.81. The van der Waals surface area contributed by atoms with E-state index in [0.717, 1.165) is 32.5 Å². The van der Waals surface area contributed by atoms with Gasteiger partial charge < -0.3 is 19.5 Å². The molecule has 0 aromatic carbocycles. The summed E-state index contributed by atoms with van der Waals surface area (Å²) in [4.78, 5) is 13.7. The number of hydrogen-bond acceptors (Lipinski definition) is 4. The minimum absolute atomic E-state index is 0.354. The standard InChI is InChI=1S/C13H23NO4/c1-2-18-11-3-6-14(7-4-11)9-13(12(15)16)5-8-17-10-13/h11H,2-10H2,1H3,(H,15,16). The molecule has 18 heavy (non-hydrogen) atoms. The Balaban J connectivity index is 1.85. The predicted octanol–water partition coefficient (Wildman–Crippen LogP) is 0.979. The van der Waals surface area contributed by atoms with Crippen molar-refractivity contribution in [2.45, 2.75) is 32.3 Å². The van der Waals surface area contributed by atoms with Crippen molar-refractivity contribution >= 4 is 5.97 Å². The van der Waals surface area contributed by atoms with Gasteiger partial charge in [0.25, 0.3) is 0 Å². The predicted molar refractivity (Wildman–Crippen MR) is 66.6 cm³/mol. The van der Waals surface area contributed by atoms with Crippen molar-refractivity contribution in [3.8, 4) is 0 Å². The second kappa shape index (κ2) is 5.99. The van der Waals surface area contributed by atoms with Gasteiger partial charge in [-0.25, -0.2) is 0 Å². The quantitative estimate of drug-likeness (QED) is 0.795. The van der Waals surface area contributed by atoms with Gasteiger partial charge in [0.1, 0.15) is 5.41 Å². The molecule has 0 radical (unpaired) electrons. The van der Waals surface area contributed by atoms with Gasteiger partial charge in [-0.15, -0.1) is 0 Å². The molecule has 0 aromatic rings. The molecule has 0 bridgehead atoms. The van der Waals surface area contributed by atoms with E-state index in [2.05, 4.69) is 4.90 Å². The SMILES string of the molecule is CCOC1CCN(CC2(C(=O)O)CCOC2)CC1. The number of carboxylic acid groups (broad SMARTS) is 1. The average molecular weight is 257 g/mol. The Labute approximate surface area is 108 Å². The molecule has 1 unspecified atom stereocenters. The zero-order chi connectivity index (χ0) is 13.0. The van der Waals surface area contributed by atoms with E-state index in [1.165, 1.54) is 0 Å². The lowest BCUT2D eigenvalue weighted by molar-refractivity contribution is -0.150. The van der Waals surface area contributed by atoms with Crippen molar-refractivity contribution in [1.82, 2.24) is 4.90 Å². The largest absolute Gasteiger partial charge is 0.481 e. The van der Waals surface area contributed by atoms with Crippen molar-refractivity contribution in [2.75, 3.05) is 39.5 Å². The van der Waals surface area contributed by atoms with Crippen LogP contribution in [0.25, 0.3) is 0 Å². The highest BCUT2D eigenvalue weighted by molar-refractivity contribution is 5.75. The fraction of sp³-hybridized carbons (Fsp3) is 0.923. The van der Waals surface area contributed by atoms with E-state index in [4.69, 9.17) is 9.47 Å². The van der Waals surface area contributed by atoms with E-state index in [1.54, 1.807) is 0 Å². The molecule has 0 amide bonds. The summed E-state index contributed by atoms with van der Waals surface area (Å²) >= 11 is 0. The fourth-order valence-corrected chi connectivity index (χ4v) is 2.87. The van der Waals surface area contributed by atoms with Gasteiger partial charge in [-0.2, -0.15) is 0 Å². The first kappa shape index (κ1) is 13.8. The molecule has 1 atom stereocenters. The molecule has 2 heterocycles. The summed E-state index contributed by atoms with van der Waals surface area (Å²) in [5.74, 6) is -0.716. The lowest BCUT2D eigenvalue weighted by Gasteiger charge is -2.36. The van der Waals surface area contributed by atoms with Gasteiger partial charge in [0.2, 0.25) is 0 Å². The van der Waals surface area contributed by atoms with Gasteiger partial charge in [-0.1, -0.05) is 0 Å². The molecule has 2 aliphatic heterocycles. The van der Waals surface area contributed by atoms with Crippen LogP contribution in [0.2, 0.25) is 0 Å². The van der Waals surface area contributed by atoms with Crippen LogP contribution in [0.5, 0.6) is 0 Å². The fourth-order valence-electron chi connectivity index (χ4n) is 2.87. The van der Waals surface area contributed by atoms with Crippen LogP contribution < -0.4 is 0 Å². The number of ether oxygens (including phenoxy) is 2. The molecule has 2 saturated heterocycles. The zero-order valence-corrected chi connectivity index (χ0v) is 11.1. The molecule has 104 valence electrons. The highest BCUT2D eigenvalue weighted by Crippen LogP contribution is 2.31. The van der Waals surface area contributed by atoms with E-state index in [1.807, 2.05) is 6.92 Å². The summed E-state index contributed by atoms with van der Waals surface area (Å²) in [5, 5.41) is 9.40. The second-order valence-electron chi connectivity index (χ2n) is 5.32. The van der Waals surface area contributed by atoms with Crippen molar-refractivity contribution in [3.63, 3.8) is 0 Å². The van der Waals surface area contributed by atoms with Crippen LogP contribution >= 0.6 is 0 Å². The van der Waals surface area contributed by atoms with Crippen LogP contribution in [0.15, 0.2) is 0 Å². The summed E-state index contributed by atoms with van der Waals surface area (Å²) in [7, 11) is 0. The smallest absolute Gasteiger partial charge is 0.313 e. The van der Waals surface area contributed by atoms with Crippen molar-refractivity contribution in [2.24, 2.45) is 5.41 Å². The van der Waals surface area contributed by atoms with Gasteiger partial charge in [0.15, 0.2) is 0 Å². The van der Waals surface area contributed by atoms with Crippen LogP contribution in [0.3, 0.4) is 0 Å². The van der Waals surface area contributed by atoms with E-state index in [9.17, 15) is 9.90 Å². The van der Waals surface area contributed by atoms with Crippen LogP contribution in [0.1, 0.15) is 26.2 Å². The van der Waals surface area contributed by atoms with Crippen molar-refractivity contribution in [3.05, 3.63) is 0 Å². The molecular formula is C13H23NO4. The first-order chi connectivity index (χ1) is 8.66. The number of carbonyl (C=O) groups is 1. The van der Waals surface area contributed by atoms with Gasteiger partial charge in [-0.05, 0) is 26.2 Å². The first-order valence-electron chi connectivity index (χ1n) is 6.81. The number of likely N-dealkylation sites (tertiary alicyclic amines) is 1. The van der Waals surface area contributed by atoms with Gasteiger partial charge in [0.05, 0.1) is 12.7 Å². The van der Waals surface area contributed by atoms with Gasteiger partial charge in [-0.3, -0.25) is 4.79 Å². The molecule has 0 saturated carbocycles. The number of nitrogens with zero attached hydrogens (tertiary/aromatic N) is 1. The van der Waals surface area contributed by atoms with E-state index in [-0.39, 0.29) is 0 Å². The Morgan fingerprint density at radius 1 is 1.50 bits per heavy atom. The zero-order valence-electron chi connectivity index (χ0n) is 11.1. The molecule has 0 aliphatic carbocycles. The summed E-state index contributed by atoms with van der Waals surface area (Å²) in [6, 6.07) is 0. The molecule has 2 aliphatic rings. The van der Waals surface area contributed by atoms with Crippen LogP contribution in [-0.4, -0.2) is 61.5 Å². The van der Waals surface area contributed by atoms with Gasteiger partial charge in [0, 0.05) is 32.8 Å². The van der Waals surface area contributed by atoms with Crippen molar-refractivity contribution < 1.29 is 19.4 Å². The van der Waals surface area contributed by atoms with Gasteiger partial charge >= 0.3 is 5.97 Å². The summed E-state index contributed by atoms with van der Waals surface area (Å²) in [5.41, 5.74) is -0.682. The number of rotatable bonds is 5. The Morgan fingerprint density at radius 2 is 2.22 bits per heavy atom. The van der Waals surface area contributed by atoms with E-state index in [0.29, 0.717) is 32.3 Å². The van der Waals surface area contributed by atoms with Crippen LogP contribution in [0.4, 0.5) is 0 Å². The summed E-state index contributed by atoms with van der Waals surface area (Å²) in [6.07, 6.45) is 2.99. The molecule has 1 N–H and O–H groups in total. The number of carboxylic acids is 1. The maximum atomic E-state index is 11.4. The minimum Gasteiger partial charge on any atom is -0.481 e. The third-order valence-electron chi connectivity index (χ3n) is 4.02. The maximum absolute atomic E-state index is 11.4. The topological polar surface area (TPSA) is 59.0 Å². The Morgan fingerprint density at radius 3 is 2.72 bits per heavy atom. The van der Waals surface area contributed by atoms with Crippen LogP contribution in [-0.2, 0) is 14.3 Å². The number of piperidine rings is 1. The number of aliphatic carboxylic acids is 1. The highest BCUT2D eigenvalue weighted by Gasteiger charge is 2.44. The molecule has 2 fully saturated rings. The number of hydrogen-bond donors (Lipinski definition) is 1. The molecule has 5 heteroatoms. The third kappa shape index (κ3) is 3.02. The van der Waals surface area contributed by atoms with E-state index < -0.39 is 11.4 Å². The monoisotopic (exact) mass is 257 g/mol. The third-order valence-corrected chi connectivity index (χ3v) is 4.02. The maximum Gasteiger partial charge on any atom is 0.313 e. The highest BCUT2D eigenvalue weighted by atomic mass is 16.5. The summed E-state index contributed by atoms with van der Waals surface area (Å²) in [6.45, 7) is 6.18. The molecule has 0 aromatic heterocycles.